The van der Waals surface area contributed by atoms with Crippen molar-refractivity contribution in [1.29, 1.82) is 0 Å². The largest absolute Gasteiger partial charge is 0.495 e. The van der Waals surface area contributed by atoms with Crippen LogP contribution in [-0.4, -0.2) is 28.0 Å². The number of primary sulfonamides is 1. The first kappa shape index (κ1) is 19.7. The maximum absolute atomic E-state index is 12.1. The molecule has 0 aromatic heterocycles. The number of nitrogens with one attached hydrogen (secondary N) is 1. The van der Waals surface area contributed by atoms with Crippen LogP contribution >= 0.6 is 0 Å². The molecule has 1 amide bonds. The van der Waals surface area contributed by atoms with Gasteiger partial charge in [0.25, 0.3) is 5.91 Å². The molecule has 0 aliphatic heterocycles. The number of sulfonamides is 1. The molecule has 140 valence electrons. The van der Waals surface area contributed by atoms with E-state index in [1.54, 1.807) is 6.07 Å². The number of carbonyl (C=O) groups is 1. The number of carbonyl (C=O) groups excluding carboxylic acids is 1. The molecule has 0 atom stereocenters. The second-order valence-corrected chi connectivity index (χ2v) is 7.47. The summed E-state index contributed by atoms with van der Waals surface area (Å²) in [4.78, 5) is 11.9. The lowest BCUT2D eigenvalue weighted by Gasteiger charge is -2.14. The Morgan fingerprint density at radius 3 is 2.46 bits per heavy atom. The van der Waals surface area contributed by atoms with Crippen LogP contribution < -0.4 is 19.9 Å². The number of methoxy groups -OCH3 is 1. The van der Waals surface area contributed by atoms with E-state index < -0.39 is 15.9 Å². The molecule has 2 rings (SSSR count). The Morgan fingerprint density at radius 2 is 1.85 bits per heavy atom. The van der Waals surface area contributed by atoms with E-state index in [9.17, 15) is 13.2 Å². The van der Waals surface area contributed by atoms with Crippen molar-refractivity contribution in [3.8, 4) is 11.5 Å². The molecule has 3 N–H and O–H groups in total. The Hall–Kier alpha value is -2.58. The topological polar surface area (TPSA) is 108 Å². The fourth-order valence-electron chi connectivity index (χ4n) is 2.41. The van der Waals surface area contributed by atoms with Gasteiger partial charge in [0.2, 0.25) is 10.0 Å². The molecule has 0 aliphatic carbocycles. The Kier molecular flexibility index (Phi) is 6.23. The Labute approximate surface area is 153 Å². The summed E-state index contributed by atoms with van der Waals surface area (Å²) in [6.45, 7) is 3.86. The lowest BCUT2D eigenvalue weighted by Crippen LogP contribution is -2.21. The molecule has 0 unspecified atom stereocenters. The van der Waals surface area contributed by atoms with Crippen molar-refractivity contribution in [2.24, 2.45) is 5.14 Å². The van der Waals surface area contributed by atoms with Crippen LogP contribution in [0.15, 0.2) is 47.4 Å². The third-order valence-corrected chi connectivity index (χ3v) is 4.59. The first-order valence-corrected chi connectivity index (χ1v) is 9.49. The maximum atomic E-state index is 12.1. The predicted molar refractivity (Wildman–Crippen MR) is 99.0 cm³/mol. The third-order valence-electron chi connectivity index (χ3n) is 3.65. The van der Waals surface area contributed by atoms with E-state index in [2.05, 4.69) is 5.32 Å². The quantitative estimate of drug-likeness (QED) is 0.769. The normalized spacial score (nSPS) is 11.3. The number of para-hydroxylation sites is 1. The molecule has 2 aromatic rings. The van der Waals surface area contributed by atoms with E-state index in [0.29, 0.717) is 5.75 Å². The van der Waals surface area contributed by atoms with E-state index in [-0.39, 0.29) is 28.9 Å². The summed E-state index contributed by atoms with van der Waals surface area (Å²) in [6.07, 6.45) is 0. The van der Waals surface area contributed by atoms with Crippen LogP contribution in [0.5, 0.6) is 11.5 Å². The van der Waals surface area contributed by atoms with E-state index in [4.69, 9.17) is 14.6 Å². The summed E-state index contributed by atoms with van der Waals surface area (Å²) in [6, 6.07) is 11.7. The summed E-state index contributed by atoms with van der Waals surface area (Å²) < 4.78 is 33.8. The molecule has 0 fully saturated rings. The molecule has 8 heteroatoms. The second kappa shape index (κ2) is 8.20. The summed E-state index contributed by atoms with van der Waals surface area (Å²) in [7, 11) is -2.65. The molecule has 2 aromatic carbocycles. The van der Waals surface area contributed by atoms with Crippen LogP contribution in [0.3, 0.4) is 0 Å². The molecular formula is C18H22N2O5S. The third kappa shape index (κ3) is 4.96. The number of hydrogen-bond donors (Lipinski definition) is 2. The van der Waals surface area contributed by atoms with Crippen LogP contribution in [0.4, 0.5) is 5.69 Å². The van der Waals surface area contributed by atoms with E-state index in [0.717, 1.165) is 5.56 Å². The minimum absolute atomic E-state index is 0.104. The molecule has 26 heavy (non-hydrogen) atoms. The predicted octanol–water partition coefficient (Wildman–Crippen LogP) is 2.48. The summed E-state index contributed by atoms with van der Waals surface area (Å²) in [5.41, 5.74) is 1.28. The molecular weight excluding hydrogens is 356 g/mol. The lowest BCUT2D eigenvalue weighted by atomic mass is 10.0. The number of hydrogen-bond acceptors (Lipinski definition) is 5. The summed E-state index contributed by atoms with van der Waals surface area (Å²) >= 11 is 0. The van der Waals surface area contributed by atoms with Gasteiger partial charge >= 0.3 is 0 Å². The second-order valence-electron chi connectivity index (χ2n) is 5.94. The Morgan fingerprint density at radius 1 is 1.15 bits per heavy atom. The van der Waals surface area contributed by atoms with Crippen molar-refractivity contribution in [2.75, 3.05) is 19.0 Å². The zero-order chi connectivity index (χ0) is 19.3. The van der Waals surface area contributed by atoms with Gasteiger partial charge in [0.05, 0.1) is 7.11 Å². The number of ether oxygens (including phenoxy) is 2. The SMILES string of the molecule is COc1ccc(NC(=O)COc2ccccc2C(C)C)cc1S(N)(=O)=O. The fraction of sp³-hybridized carbons (Fsp3) is 0.278. The molecule has 0 saturated carbocycles. The van der Waals surface area contributed by atoms with Gasteiger partial charge < -0.3 is 14.8 Å². The Bertz CT molecular complexity index is 894. The highest BCUT2D eigenvalue weighted by molar-refractivity contribution is 7.89. The minimum atomic E-state index is -3.98. The molecule has 0 heterocycles. The number of benzene rings is 2. The molecule has 7 nitrogen and oxygen atoms in total. The van der Waals surface area contributed by atoms with E-state index >= 15 is 0 Å². The van der Waals surface area contributed by atoms with Gasteiger partial charge in [-0.15, -0.1) is 0 Å². The maximum Gasteiger partial charge on any atom is 0.262 e. The van der Waals surface area contributed by atoms with Gasteiger partial charge in [-0.25, -0.2) is 13.6 Å². The van der Waals surface area contributed by atoms with Crippen LogP contribution in [0, 0.1) is 0 Å². The van der Waals surface area contributed by atoms with Gasteiger partial charge in [-0.05, 0) is 35.7 Å². The van der Waals surface area contributed by atoms with Crippen molar-refractivity contribution >= 4 is 21.6 Å². The van der Waals surface area contributed by atoms with Crippen LogP contribution in [-0.2, 0) is 14.8 Å². The monoisotopic (exact) mass is 378 g/mol. The average molecular weight is 378 g/mol. The van der Waals surface area contributed by atoms with Gasteiger partial charge in [0.1, 0.15) is 16.4 Å². The number of nitrogens with two attached hydrogens (primary N) is 1. The number of anilines is 1. The molecule has 0 radical (unpaired) electrons. The van der Waals surface area contributed by atoms with Crippen molar-refractivity contribution in [3.63, 3.8) is 0 Å². The molecule has 0 saturated heterocycles. The highest BCUT2D eigenvalue weighted by atomic mass is 32.2. The first-order chi connectivity index (χ1) is 12.2. The molecule has 0 spiro atoms. The van der Waals surface area contributed by atoms with Crippen LogP contribution in [0.2, 0.25) is 0 Å². The van der Waals surface area contributed by atoms with Crippen LogP contribution in [0.25, 0.3) is 0 Å². The summed E-state index contributed by atoms with van der Waals surface area (Å²) in [5.74, 6) is 0.576. The first-order valence-electron chi connectivity index (χ1n) is 7.94. The van der Waals surface area contributed by atoms with Gasteiger partial charge in [-0.1, -0.05) is 32.0 Å². The van der Waals surface area contributed by atoms with E-state index in [1.165, 1.54) is 25.3 Å². The van der Waals surface area contributed by atoms with Crippen molar-refractivity contribution in [3.05, 3.63) is 48.0 Å². The zero-order valence-corrected chi connectivity index (χ0v) is 15.7. The van der Waals surface area contributed by atoms with E-state index in [1.807, 2.05) is 32.0 Å². The highest BCUT2D eigenvalue weighted by Crippen LogP contribution is 2.27. The standard InChI is InChI=1S/C18H22N2O5S/c1-12(2)14-6-4-5-7-15(14)25-11-18(21)20-13-8-9-16(24-3)17(10-13)26(19,22)23/h4-10,12H,11H2,1-3H3,(H,20,21)(H2,19,22,23). The zero-order valence-electron chi connectivity index (χ0n) is 14.9. The molecule has 0 bridgehead atoms. The Balaban J connectivity index is 2.09. The van der Waals surface area contributed by atoms with Gasteiger partial charge in [-0.2, -0.15) is 0 Å². The number of rotatable bonds is 7. The van der Waals surface area contributed by atoms with Crippen molar-refractivity contribution in [1.82, 2.24) is 0 Å². The van der Waals surface area contributed by atoms with Gasteiger partial charge in [0.15, 0.2) is 6.61 Å². The number of amides is 1. The van der Waals surface area contributed by atoms with Gasteiger partial charge in [0, 0.05) is 5.69 Å². The van der Waals surface area contributed by atoms with Crippen LogP contribution in [0.1, 0.15) is 25.3 Å². The van der Waals surface area contributed by atoms with Crippen molar-refractivity contribution < 1.29 is 22.7 Å². The fourth-order valence-corrected chi connectivity index (χ4v) is 3.13. The molecule has 0 aliphatic rings. The highest BCUT2D eigenvalue weighted by Gasteiger charge is 2.16. The minimum Gasteiger partial charge on any atom is -0.495 e. The smallest absolute Gasteiger partial charge is 0.262 e. The average Bonchev–Trinajstić information content (AvgIpc) is 2.59. The lowest BCUT2D eigenvalue weighted by molar-refractivity contribution is -0.118. The van der Waals surface area contributed by atoms with Crippen molar-refractivity contribution in [2.45, 2.75) is 24.7 Å². The van der Waals surface area contributed by atoms with Gasteiger partial charge in [-0.3, -0.25) is 4.79 Å². The summed E-state index contributed by atoms with van der Waals surface area (Å²) in [5, 5.41) is 7.75.